The van der Waals surface area contributed by atoms with Crippen LogP contribution in [0.15, 0.2) is 30.6 Å². The highest BCUT2D eigenvalue weighted by molar-refractivity contribution is 5.94. The van der Waals surface area contributed by atoms with Crippen LogP contribution < -0.4 is 4.74 Å². The number of hydrogen-bond acceptors (Lipinski definition) is 3. The second-order valence-electron chi connectivity index (χ2n) is 4.62. The maximum absolute atomic E-state index is 12.3. The van der Waals surface area contributed by atoms with E-state index in [2.05, 4.69) is 9.97 Å². The molecule has 0 radical (unpaired) electrons. The predicted octanol–water partition coefficient (Wildman–Crippen LogP) is 1.62. The van der Waals surface area contributed by atoms with E-state index in [1.807, 2.05) is 18.2 Å². The fourth-order valence-corrected chi connectivity index (χ4v) is 2.22. The quantitative estimate of drug-likeness (QED) is 0.909. The van der Waals surface area contributed by atoms with Gasteiger partial charge in [0.2, 0.25) is 0 Å². The molecule has 3 rings (SSSR count). The third-order valence-electron chi connectivity index (χ3n) is 3.22. The molecule has 2 heterocycles. The Labute approximate surface area is 111 Å². The lowest BCUT2D eigenvalue weighted by atomic mass is 10.1. The lowest BCUT2D eigenvalue weighted by Gasteiger charge is -2.16. The van der Waals surface area contributed by atoms with Gasteiger partial charge in [0.25, 0.3) is 5.91 Å². The number of carbonyl (C=O) groups excluding carboxylic acids is 1. The number of benzene rings is 1. The molecule has 0 bridgehead atoms. The van der Waals surface area contributed by atoms with Gasteiger partial charge in [0.15, 0.2) is 0 Å². The van der Waals surface area contributed by atoms with Gasteiger partial charge in [0.05, 0.1) is 13.2 Å². The van der Waals surface area contributed by atoms with Crippen LogP contribution in [0.2, 0.25) is 0 Å². The van der Waals surface area contributed by atoms with Crippen LogP contribution in [0.1, 0.15) is 21.7 Å². The maximum Gasteiger partial charge on any atom is 0.254 e. The van der Waals surface area contributed by atoms with Gasteiger partial charge in [-0.3, -0.25) is 4.79 Å². The Kier molecular flexibility index (Phi) is 2.95. The number of aromatic amines is 1. The van der Waals surface area contributed by atoms with Crippen LogP contribution in [0.5, 0.6) is 5.75 Å². The minimum atomic E-state index is -0.00824. The van der Waals surface area contributed by atoms with Gasteiger partial charge >= 0.3 is 0 Å². The van der Waals surface area contributed by atoms with Gasteiger partial charge in [-0.15, -0.1) is 0 Å². The first kappa shape index (κ1) is 11.8. The average molecular weight is 257 g/mol. The third kappa shape index (κ3) is 2.31. The highest BCUT2D eigenvalue weighted by Gasteiger charge is 2.17. The zero-order chi connectivity index (χ0) is 13.2. The van der Waals surface area contributed by atoms with Gasteiger partial charge in [-0.2, -0.15) is 0 Å². The molecule has 0 spiro atoms. The summed E-state index contributed by atoms with van der Waals surface area (Å²) in [5.74, 6) is 1.66. The number of amides is 1. The fraction of sp³-hybridized carbons (Fsp3) is 0.286. The van der Waals surface area contributed by atoms with E-state index in [0.717, 1.165) is 23.6 Å². The molecule has 0 saturated heterocycles. The standard InChI is InChI=1S/C14H15N3O2/c1-17(9-13-15-5-6-16-13)14(18)11-2-3-12-10(8-11)4-7-19-12/h2-3,5-6,8H,4,7,9H2,1H3,(H,15,16). The number of aromatic nitrogens is 2. The summed E-state index contributed by atoms with van der Waals surface area (Å²) >= 11 is 0. The Morgan fingerprint density at radius 2 is 2.42 bits per heavy atom. The molecule has 5 heteroatoms. The van der Waals surface area contributed by atoms with E-state index < -0.39 is 0 Å². The first-order chi connectivity index (χ1) is 9.24. The van der Waals surface area contributed by atoms with Crippen molar-refractivity contribution in [2.75, 3.05) is 13.7 Å². The topological polar surface area (TPSA) is 58.2 Å². The summed E-state index contributed by atoms with van der Waals surface area (Å²) in [4.78, 5) is 21.1. The molecule has 1 amide bonds. The molecule has 1 aromatic carbocycles. The lowest BCUT2D eigenvalue weighted by Crippen LogP contribution is -2.26. The smallest absolute Gasteiger partial charge is 0.254 e. The first-order valence-electron chi connectivity index (χ1n) is 6.23. The molecule has 2 aromatic rings. The third-order valence-corrected chi connectivity index (χ3v) is 3.22. The SMILES string of the molecule is CN(Cc1ncc[nH]1)C(=O)c1ccc2c(c1)CCO2. The number of carbonyl (C=O) groups is 1. The molecule has 0 aliphatic carbocycles. The van der Waals surface area contributed by atoms with Crippen molar-refractivity contribution in [1.82, 2.24) is 14.9 Å². The predicted molar refractivity (Wildman–Crippen MR) is 70.0 cm³/mol. The molecule has 1 aromatic heterocycles. The Balaban J connectivity index is 1.76. The van der Waals surface area contributed by atoms with Crippen LogP contribution >= 0.6 is 0 Å². The van der Waals surface area contributed by atoms with Gasteiger partial charge in [0.1, 0.15) is 11.6 Å². The number of imidazole rings is 1. The van der Waals surface area contributed by atoms with Crippen molar-refractivity contribution in [3.8, 4) is 5.75 Å². The number of fused-ring (bicyclic) bond motifs is 1. The molecule has 0 unspecified atom stereocenters. The zero-order valence-electron chi connectivity index (χ0n) is 10.7. The summed E-state index contributed by atoms with van der Waals surface area (Å²) in [5, 5.41) is 0. The number of rotatable bonds is 3. The first-order valence-corrected chi connectivity index (χ1v) is 6.23. The van der Waals surface area contributed by atoms with Gasteiger partial charge < -0.3 is 14.6 Å². The summed E-state index contributed by atoms with van der Waals surface area (Å²) in [5.41, 5.74) is 1.80. The summed E-state index contributed by atoms with van der Waals surface area (Å²) in [6.07, 6.45) is 4.30. The minimum absolute atomic E-state index is 0.00824. The molecule has 98 valence electrons. The largest absolute Gasteiger partial charge is 0.493 e. The van der Waals surface area contributed by atoms with Crippen molar-refractivity contribution in [3.63, 3.8) is 0 Å². The summed E-state index contributed by atoms with van der Waals surface area (Å²) in [7, 11) is 1.77. The summed E-state index contributed by atoms with van der Waals surface area (Å²) in [6, 6.07) is 5.60. The van der Waals surface area contributed by atoms with Gasteiger partial charge in [-0.1, -0.05) is 0 Å². The van der Waals surface area contributed by atoms with Crippen molar-refractivity contribution in [3.05, 3.63) is 47.5 Å². The molecule has 5 nitrogen and oxygen atoms in total. The molecular weight excluding hydrogens is 242 g/mol. The van der Waals surface area contributed by atoms with E-state index in [9.17, 15) is 4.79 Å². The minimum Gasteiger partial charge on any atom is -0.493 e. The Morgan fingerprint density at radius 1 is 1.53 bits per heavy atom. The van der Waals surface area contributed by atoms with Crippen molar-refractivity contribution in [2.45, 2.75) is 13.0 Å². The van der Waals surface area contributed by atoms with Crippen LogP contribution in [0, 0.1) is 0 Å². The number of hydrogen-bond donors (Lipinski definition) is 1. The van der Waals surface area contributed by atoms with Crippen LogP contribution in [0.25, 0.3) is 0 Å². The molecule has 0 atom stereocenters. The van der Waals surface area contributed by atoms with Gasteiger partial charge in [0, 0.05) is 31.4 Å². The molecular formula is C14H15N3O2. The van der Waals surface area contributed by atoms with E-state index in [1.165, 1.54) is 0 Å². The lowest BCUT2D eigenvalue weighted by molar-refractivity contribution is 0.0782. The van der Waals surface area contributed by atoms with E-state index in [0.29, 0.717) is 18.7 Å². The second-order valence-corrected chi connectivity index (χ2v) is 4.62. The number of ether oxygens (including phenoxy) is 1. The van der Waals surface area contributed by atoms with Crippen LogP contribution in [-0.2, 0) is 13.0 Å². The van der Waals surface area contributed by atoms with E-state index >= 15 is 0 Å². The fourth-order valence-electron chi connectivity index (χ4n) is 2.22. The highest BCUT2D eigenvalue weighted by Crippen LogP contribution is 2.26. The number of H-pyrrole nitrogens is 1. The normalized spacial score (nSPS) is 12.9. The van der Waals surface area contributed by atoms with Crippen molar-refractivity contribution < 1.29 is 9.53 Å². The Morgan fingerprint density at radius 3 is 3.21 bits per heavy atom. The van der Waals surface area contributed by atoms with Crippen molar-refractivity contribution in [1.29, 1.82) is 0 Å². The van der Waals surface area contributed by atoms with Gasteiger partial charge in [-0.25, -0.2) is 4.98 Å². The van der Waals surface area contributed by atoms with E-state index in [-0.39, 0.29) is 5.91 Å². The summed E-state index contributed by atoms with van der Waals surface area (Å²) in [6.45, 7) is 1.18. The van der Waals surface area contributed by atoms with Gasteiger partial charge in [-0.05, 0) is 23.8 Å². The van der Waals surface area contributed by atoms with E-state index in [4.69, 9.17) is 4.74 Å². The monoisotopic (exact) mass is 257 g/mol. The number of nitrogens with zero attached hydrogens (tertiary/aromatic N) is 2. The average Bonchev–Trinajstić information content (AvgIpc) is 3.07. The zero-order valence-corrected chi connectivity index (χ0v) is 10.7. The summed E-state index contributed by atoms with van der Waals surface area (Å²) < 4.78 is 5.44. The molecule has 1 aliphatic heterocycles. The molecule has 19 heavy (non-hydrogen) atoms. The highest BCUT2D eigenvalue weighted by atomic mass is 16.5. The second kappa shape index (κ2) is 4.76. The number of nitrogens with one attached hydrogen (secondary N) is 1. The Bertz CT molecular complexity index is 593. The Hall–Kier alpha value is -2.30. The van der Waals surface area contributed by atoms with Crippen LogP contribution in [0.4, 0.5) is 0 Å². The molecule has 1 aliphatic rings. The maximum atomic E-state index is 12.3. The van der Waals surface area contributed by atoms with Crippen molar-refractivity contribution >= 4 is 5.91 Å². The van der Waals surface area contributed by atoms with Crippen LogP contribution in [0.3, 0.4) is 0 Å². The van der Waals surface area contributed by atoms with E-state index in [1.54, 1.807) is 24.3 Å². The van der Waals surface area contributed by atoms with Crippen LogP contribution in [-0.4, -0.2) is 34.4 Å². The van der Waals surface area contributed by atoms with Crippen molar-refractivity contribution in [2.24, 2.45) is 0 Å². The molecule has 1 N–H and O–H groups in total. The molecule has 0 fully saturated rings. The molecule has 0 saturated carbocycles.